The lowest BCUT2D eigenvalue weighted by atomic mass is 10.3. The van der Waals surface area contributed by atoms with E-state index in [1.165, 1.54) is 0 Å². The number of hydrogen-bond acceptors (Lipinski definition) is 2. The van der Waals surface area contributed by atoms with Crippen molar-refractivity contribution in [3.8, 4) is 0 Å². The van der Waals surface area contributed by atoms with Gasteiger partial charge in [-0.2, -0.15) is 5.06 Å². The van der Waals surface area contributed by atoms with Gasteiger partial charge >= 0.3 is 6.03 Å². The summed E-state index contributed by atoms with van der Waals surface area (Å²) in [5.74, 6) is 0. The Balaban J connectivity index is 2.66. The lowest BCUT2D eigenvalue weighted by molar-refractivity contribution is 0.202. The maximum absolute atomic E-state index is 11.3. The molecule has 0 spiro atoms. The number of hydroxylamine groups is 1. The maximum atomic E-state index is 11.3. The first kappa shape index (κ1) is 10.5. The minimum atomic E-state index is -0.522. The van der Waals surface area contributed by atoms with Gasteiger partial charge in [0.2, 0.25) is 0 Å². The van der Waals surface area contributed by atoms with Gasteiger partial charge in [-0.25, -0.2) is 4.79 Å². The Morgan fingerprint density at radius 3 is 2.43 bits per heavy atom. The van der Waals surface area contributed by atoms with Gasteiger partial charge in [-0.15, -0.1) is 0 Å². The molecular formula is C10H14N2O2. The summed E-state index contributed by atoms with van der Waals surface area (Å²) >= 11 is 0. The molecule has 0 aliphatic carbocycles. The van der Waals surface area contributed by atoms with Gasteiger partial charge in [0.05, 0.1) is 5.69 Å². The molecule has 14 heavy (non-hydrogen) atoms. The number of nitrogens with zero attached hydrogens (tertiary/aromatic N) is 1. The third-order valence-electron chi connectivity index (χ3n) is 1.61. The third kappa shape index (κ3) is 2.74. The highest BCUT2D eigenvalue weighted by atomic mass is 16.5. The lowest BCUT2D eigenvalue weighted by Crippen LogP contribution is -2.41. The van der Waals surface area contributed by atoms with Crippen LogP contribution < -0.4 is 10.4 Å². The van der Waals surface area contributed by atoms with Crippen LogP contribution in [0, 0.1) is 0 Å². The Kier molecular flexibility index (Phi) is 3.48. The van der Waals surface area contributed by atoms with Crippen LogP contribution in [0.15, 0.2) is 30.3 Å². The van der Waals surface area contributed by atoms with Crippen LogP contribution in [0.3, 0.4) is 0 Å². The summed E-state index contributed by atoms with van der Waals surface area (Å²) in [7, 11) is 0. The van der Waals surface area contributed by atoms with E-state index in [0.717, 1.165) is 0 Å². The number of rotatable bonds is 2. The minimum absolute atomic E-state index is 0.000798. The van der Waals surface area contributed by atoms with E-state index in [9.17, 15) is 10.0 Å². The Morgan fingerprint density at radius 2 is 1.93 bits per heavy atom. The maximum Gasteiger partial charge on any atom is 0.346 e. The minimum Gasteiger partial charge on any atom is -0.334 e. The molecule has 0 unspecified atom stereocenters. The number of carbonyl (C=O) groups is 1. The first-order chi connectivity index (χ1) is 6.61. The smallest absolute Gasteiger partial charge is 0.334 e. The molecule has 0 heterocycles. The average Bonchev–Trinajstić information content (AvgIpc) is 2.17. The lowest BCUT2D eigenvalue weighted by Gasteiger charge is -2.17. The van der Waals surface area contributed by atoms with Crippen LogP contribution in [0.1, 0.15) is 13.8 Å². The monoisotopic (exact) mass is 194 g/mol. The molecule has 0 aliphatic rings. The predicted molar refractivity (Wildman–Crippen MR) is 54.4 cm³/mol. The average molecular weight is 194 g/mol. The highest BCUT2D eigenvalue weighted by Gasteiger charge is 2.12. The molecule has 1 aromatic rings. The van der Waals surface area contributed by atoms with Gasteiger partial charge < -0.3 is 5.32 Å². The second kappa shape index (κ2) is 4.62. The van der Waals surface area contributed by atoms with Crippen molar-refractivity contribution in [3.63, 3.8) is 0 Å². The zero-order chi connectivity index (χ0) is 10.6. The zero-order valence-corrected chi connectivity index (χ0v) is 8.27. The summed E-state index contributed by atoms with van der Waals surface area (Å²) in [6.07, 6.45) is 0. The second-order valence-electron chi connectivity index (χ2n) is 3.25. The van der Waals surface area contributed by atoms with Crippen LogP contribution in [-0.2, 0) is 0 Å². The molecule has 4 nitrogen and oxygen atoms in total. The molecule has 1 aromatic carbocycles. The fourth-order valence-electron chi connectivity index (χ4n) is 0.995. The van der Waals surface area contributed by atoms with E-state index in [1.54, 1.807) is 24.3 Å². The number of benzene rings is 1. The first-order valence-electron chi connectivity index (χ1n) is 4.46. The number of nitrogens with one attached hydrogen (secondary N) is 1. The van der Waals surface area contributed by atoms with E-state index in [4.69, 9.17) is 0 Å². The van der Waals surface area contributed by atoms with Crippen molar-refractivity contribution in [2.45, 2.75) is 19.9 Å². The fraction of sp³-hybridized carbons (Fsp3) is 0.300. The van der Waals surface area contributed by atoms with Gasteiger partial charge in [0, 0.05) is 6.04 Å². The molecule has 76 valence electrons. The number of anilines is 1. The molecule has 0 bridgehead atoms. The van der Waals surface area contributed by atoms with Crippen molar-refractivity contribution in [3.05, 3.63) is 30.3 Å². The number of hydrogen-bond donors (Lipinski definition) is 2. The molecular weight excluding hydrogens is 180 g/mol. The predicted octanol–water partition coefficient (Wildman–Crippen LogP) is 2.00. The summed E-state index contributed by atoms with van der Waals surface area (Å²) < 4.78 is 0. The van der Waals surface area contributed by atoms with Crippen molar-refractivity contribution in [1.82, 2.24) is 5.32 Å². The van der Waals surface area contributed by atoms with E-state index in [-0.39, 0.29) is 6.04 Å². The van der Waals surface area contributed by atoms with Crippen molar-refractivity contribution < 1.29 is 10.0 Å². The van der Waals surface area contributed by atoms with Crippen molar-refractivity contribution in [1.29, 1.82) is 0 Å². The van der Waals surface area contributed by atoms with E-state index in [1.807, 2.05) is 19.9 Å². The highest BCUT2D eigenvalue weighted by Crippen LogP contribution is 2.10. The van der Waals surface area contributed by atoms with Crippen molar-refractivity contribution in [2.24, 2.45) is 0 Å². The summed E-state index contributed by atoms with van der Waals surface area (Å²) in [6, 6.07) is 8.10. The van der Waals surface area contributed by atoms with E-state index in [2.05, 4.69) is 5.32 Å². The summed E-state index contributed by atoms with van der Waals surface area (Å²) in [6.45, 7) is 3.66. The molecule has 2 amide bonds. The van der Waals surface area contributed by atoms with Gasteiger partial charge in [-0.3, -0.25) is 5.21 Å². The first-order valence-corrected chi connectivity index (χ1v) is 4.46. The van der Waals surface area contributed by atoms with Crippen LogP contribution in [0.5, 0.6) is 0 Å². The van der Waals surface area contributed by atoms with E-state index in [0.29, 0.717) is 10.8 Å². The van der Waals surface area contributed by atoms with Gasteiger partial charge in [-0.1, -0.05) is 18.2 Å². The summed E-state index contributed by atoms with van der Waals surface area (Å²) in [5.41, 5.74) is 0.450. The normalized spacial score (nSPS) is 10.0. The van der Waals surface area contributed by atoms with Crippen LogP contribution in [-0.4, -0.2) is 17.3 Å². The standard InChI is InChI=1S/C10H14N2O2/c1-8(2)11-10(13)12(14)9-6-4-3-5-7-9/h3-8,14H,1-2H3,(H,11,13). The van der Waals surface area contributed by atoms with Gasteiger partial charge in [0.15, 0.2) is 0 Å². The molecule has 0 saturated heterocycles. The Morgan fingerprint density at radius 1 is 1.36 bits per heavy atom. The van der Waals surface area contributed by atoms with Crippen molar-refractivity contribution >= 4 is 11.7 Å². The highest BCUT2D eigenvalue weighted by molar-refractivity contribution is 5.89. The van der Waals surface area contributed by atoms with E-state index < -0.39 is 6.03 Å². The number of carbonyl (C=O) groups excluding carboxylic acids is 1. The second-order valence-corrected chi connectivity index (χ2v) is 3.25. The SMILES string of the molecule is CC(C)NC(=O)N(O)c1ccccc1. The third-order valence-corrected chi connectivity index (χ3v) is 1.61. The fourth-order valence-corrected chi connectivity index (χ4v) is 0.995. The van der Waals surface area contributed by atoms with Crippen LogP contribution in [0.4, 0.5) is 10.5 Å². The molecule has 0 fully saturated rings. The van der Waals surface area contributed by atoms with Crippen LogP contribution in [0.2, 0.25) is 0 Å². The Bertz CT molecular complexity index is 298. The Hall–Kier alpha value is -1.55. The molecule has 0 radical (unpaired) electrons. The number of urea groups is 1. The molecule has 1 rings (SSSR count). The molecule has 0 saturated carbocycles. The Labute approximate surface area is 83.1 Å². The molecule has 0 aromatic heterocycles. The molecule has 2 N–H and O–H groups in total. The van der Waals surface area contributed by atoms with E-state index >= 15 is 0 Å². The number of para-hydroxylation sites is 1. The molecule has 4 heteroatoms. The van der Waals surface area contributed by atoms with Crippen molar-refractivity contribution in [2.75, 3.05) is 5.06 Å². The summed E-state index contributed by atoms with van der Waals surface area (Å²) in [4.78, 5) is 11.3. The zero-order valence-electron chi connectivity index (χ0n) is 8.27. The largest absolute Gasteiger partial charge is 0.346 e. The molecule has 0 aliphatic heterocycles. The van der Waals surface area contributed by atoms with Gasteiger partial charge in [0.1, 0.15) is 0 Å². The quantitative estimate of drug-likeness (QED) is 0.559. The number of amides is 2. The van der Waals surface area contributed by atoms with Gasteiger partial charge in [0.25, 0.3) is 0 Å². The van der Waals surface area contributed by atoms with Gasteiger partial charge in [-0.05, 0) is 26.0 Å². The van der Waals surface area contributed by atoms with Crippen LogP contribution >= 0.6 is 0 Å². The summed E-state index contributed by atoms with van der Waals surface area (Å²) in [5, 5.41) is 12.6. The van der Waals surface area contributed by atoms with Crippen LogP contribution in [0.25, 0.3) is 0 Å². The topological polar surface area (TPSA) is 52.6 Å². The molecule has 0 atom stereocenters.